The van der Waals surface area contributed by atoms with Gasteiger partial charge >= 0.3 is 5.97 Å². The minimum absolute atomic E-state index is 0.0323. The van der Waals surface area contributed by atoms with Crippen LogP contribution in [0.5, 0.6) is 5.75 Å². The molecule has 2 saturated carbocycles. The van der Waals surface area contributed by atoms with Crippen molar-refractivity contribution in [2.24, 2.45) is 23.7 Å². The zero-order chi connectivity index (χ0) is 27.9. The molecule has 0 heterocycles. The average Bonchev–Trinajstić information content (AvgIpc) is 2.97. The van der Waals surface area contributed by atoms with Gasteiger partial charge in [-0.05, 0) is 87.5 Å². The van der Waals surface area contributed by atoms with Gasteiger partial charge in [-0.15, -0.1) is 0 Å². The molecule has 0 unspecified atom stereocenters. The molecular weight excluding hydrogens is 488 g/mol. The molecule has 2 N–H and O–H groups in total. The fraction of sp³-hybridized carbons (Fsp3) is 0.727. The van der Waals surface area contributed by atoms with E-state index < -0.39 is 0 Å². The van der Waals surface area contributed by atoms with Crippen molar-refractivity contribution >= 4 is 17.8 Å². The Morgan fingerprint density at radius 3 is 1.69 bits per heavy atom. The number of amides is 2. The topological polar surface area (TPSA) is 84.5 Å². The number of carbonyl (C=O) groups is 3. The molecule has 3 rings (SSSR count). The fourth-order valence-electron chi connectivity index (χ4n) is 6.29. The third-order valence-corrected chi connectivity index (χ3v) is 8.96. The number of carbonyl (C=O) groups excluding carboxylic acids is 3. The van der Waals surface area contributed by atoms with Crippen LogP contribution in [0.4, 0.5) is 0 Å². The molecule has 1 aromatic rings. The maximum Gasteiger partial charge on any atom is 0.314 e. The second kappa shape index (κ2) is 17.3. The van der Waals surface area contributed by atoms with E-state index in [1.54, 1.807) is 24.3 Å². The standard InChI is InChI=1S/C33H52N2O4/c1-3-5-7-9-11-25-13-17-27(18-14-25)31(36)34-35-32(37)28-21-23-30(24-22-28)39-33(38)29-19-15-26(16-20-29)12-10-8-6-4-2/h21-27,29H,3-20H2,1-2H3,(H,34,36)(H,35,37)/t25-,26-,27-,29-. The first-order valence-electron chi connectivity index (χ1n) is 15.9. The van der Waals surface area contributed by atoms with Gasteiger partial charge in [0.2, 0.25) is 5.91 Å². The lowest BCUT2D eigenvalue weighted by Gasteiger charge is -2.27. The van der Waals surface area contributed by atoms with Crippen LogP contribution < -0.4 is 15.6 Å². The Labute approximate surface area is 236 Å². The summed E-state index contributed by atoms with van der Waals surface area (Å²) in [5, 5.41) is 0. The molecule has 0 aliphatic heterocycles. The summed E-state index contributed by atoms with van der Waals surface area (Å²) in [6.07, 6.45) is 20.9. The molecular formula is C33H52N2O4. The SMILES string of the molecule is CCCCCC[C@H]1CC[C@H](C(=O)NNC(=O)c2ccc(OC(=O)[C@H]3CC[C@H](CCCCCC)CC3)cc2)CC1. The summed E-state index contributed by atoms with van der Waals surface area (Å²) in [7, 11) is 0. The predicted molar refractivity (Wildman–Crippen MR) is 156 cm³/mol. The van der Waals surface area contributed by atoms with Crippen molar-refractivity contribution in [3.8, 4) is 5.75 Å². The highest BCUT2D eigenvalue weighted by Gasteiger charge is 2.28. The second-order valence-corrected chi connectivity index (χ2v) is 12.0. The van der Waals surface area contributed by atoms with E-state index in [1.807, 2.05) is 0 Å². The van der Waals surface area contributed by atoms with E-state index >= 15 is 0 Å². The summed E-state index contributed by atoms with van der Waals surface area (Å²) in [6.45, 7) is 4.47. The van der Waals surface area contributed by atoms with Gasteiger partial charge in [-0.25, -0.2) is 0 Å². The molecule has 2 aliphatic rings. The molecule has 2 fully saturated rings. The van der Waals surface area contributed by atoms with Gasteiger partial charge in [-0.2, -0.15) is 0 Å². The third kappa shape index (κ3) is 11.0. The van der Waals surface area contributed by atoms with Gasteiger partial charge in [0.15, 0.2) is 0 Å². The zero-order valence-electron chi connectivity index (χ0n) is 24.5. The molecule has 0 aromatic heterocycles. The minimum Gasteiger partial charge on any atom is -0.426 e. The Kier molecular flexibility index (Phi) is 13.9. The first-order valence-corrected chi connectivity index (χ1v) is 15.9. The van der Waals surface area contributed by atoms with E-state index in [2.05, 4.69) is 24.7 Å². The van der Waals surface area contributed by atoms with Crippen LogP contribution in [-0.2, 0) is 9.59 Å². The number of ether oxygens (including phenoxy) is 1. The number of unbranched alkanes of at least 4 members (excludes halogenated alkanes) is 6. The molecule has 0 spiro atoms. The van der Waals surface area contributed by atoms with Crippen LogP contribution in [0.3, 0.4) is 0 Å². The van der Waals surface area contributed by atoms with E-state index in [0.29, 0.717) is 11.3 Å². The Hall–Kier alpha value is -2.37. The smallest absolute Gasteiger partial charge is 0.314 e. The predicted octanol–water partition coefficient (Wildman–Crippen LogP) is 7.91. The summed E-state index contributed by atoms with van der Waals surface area (Å²) in [4.78, 5) is 37.8. The number of nitrogens with one attached hydrogen (secondary N) is 2. The molecule has 6 nitrogen and oxygen atoms in total. The molecule has 6 heteroatoms. The number of hydrazine groups is 1. The van der Waals surface area contributed by atoms with Gasteiger partial charge in [0.05, 0.1) is 5.92 Å². The maximum atomic E-state index is 12.7. The lowest BCUT2D eigenvalue weighted by Crippen LogP contribution is -2.45. The molecule has 0 bridgehead atoms. The van der Waals surface area contributed by atoms with Crippen LogP contribution >= 0.6 is 0 Å². The van der Waals surface area contributed by atoms with Crippen molar-refractivity contribution in [2.45, 2.75) is 129 Å². The van der Waals surface area contributed by atoms with E-state index in [1.165, 1.54) is 64.2 Å². The van der Waals surface area contributed by atoms with Crippen LogP contribution in [0.25, 0.3) is 0 Å². The van der Waals surface area contributed by atoms with Crippen LogP contribution in [0, 0.1) is 23.7 Å². The zero-order valence-corrected chi connectivity index (χ0v) is 24.5. The summed E-state index contributed by atoms with van der Waals surface area (Å²) >= 11 is 0. The molecule has 1 aromatic carbocycles. The van der Waals surface area contributed by atoms with Crippen molar-refractivity contribution in [1.29, 1.82) is 0 Å². The molecule has 2 amide bonds. The van der Waals surface area contributed by atoms with Crippen LogP contribution in [0.1, 0.15) is 140 Å². The summed E-state index contributed by atoms with van der Waals surface area (Å²) in [6, 6.07) is 6.55. The molecule has 0 atom stereocenters. The van der Waals surface area contributed by atoms with Gasteiger partial charge in [0.1, 0.15) is 5.75 Å². The highest BCUT2D eigenvalue weighted by atomic mass is 16.5. The summed E-state index contributed by atoms with van der Waals surface area (Å²) in [5.74, 6) is 1.23. The molecule has 0 saturated heterocycles. The molecule has 39 heavy (non-hydrogen) atoms. The van der Waals surface area contributed by atoms with Crippen LogP contribution in [-0.4, -0.2) is 17.8 Å². The molecule has 218 valence electrons. The maximum absolute atomic E-state index is 12.7. The largest absolute Gasteiger partial charge is 0.426 e. The number of benzene rings is 1. The Morgan fingerprint density at radius 1 is 0.667 bits per heavy atom. The van der Waals surface area contributed by atoms with Gasteiger partial charge in [0.25, 0.3) is 5.91 Å². The quantitative estimate of drug-likeness (QED) is 0.109. The Balaban J connectivity index is 1.32. The van der Waals surface area contributed by atoms with E-state index in [4.69, 9.17) is 4.74 Å². The highest BCUT2D eigenvalue weighted by molar-refractivity contribution is 5.95. The van der Waals surface area contributed by atoms with Crippen molar-refractivity contribution in [3.63, 3.8) is 0 Å². The van der Waals surface area contributed by atoms with E-state index in [0.717, 1.165) is 63.2 Å². The van der Waals surface area contributed by atoms with Gasteiger partial charge in [0, 0.05) is 11.5 Å². The van der Waals surface area contributed by atoms with Gasteiger partial charge < -0.3 is 4.74 Å². The normalized spacial score (nSPS) is 23.1. The van der Waals surface area contributed by atoms with E-state index in [-0.39, 0.29) is 29.6 Å². The number of hydrogen-bond donors (Lipinski definition) is 2. The lowest BCUT2D eigenvalue weighted by molar-refractivity contribution is -0.140. The fourth-order valence-corrected chi connectivity index (χ4v) is 6.29. The average molecular weight is 541 g/mol. The van der Waals surface area contributed by atoms with Gasteiger partial charge in [-0.1, -0.05) is 78.1 Å². The monoisotopic (exact) mass is 540 g/mol. The summed E-state index contributed by atoms with van der Waals surface area (Å²) in [5.41, 5.74) is 5.57. The summed E-state index contributed by atoms with van der Waals surface area (Å²) < 4.78 is 5.62. The number of esters is 1. The van der Waals surface area contributed by atoms with Crippen molar-refractivity contribution in [1.82, 2.24) is 10.9 Å². The molecule has 0 radical (unpaired) electrons. The van der Waals surface area contributed by atoms with E-state index in [9.17, 15) is 14.4 Å². The second-order valence-electron chi connectivity index (χ2n) is 12.0. The molecule has 2 aliphatic carbocycles. The van der Waals surface area contributed by atoms with Crippen molar-refractivity contribution < 1.29 is 19.1 Å². The highest BCUT2D eigenvalue weighted by Crippen LogP contribution is 2.34. The Morgan fingerprint density at radius 2 is 1.18 bits per heavy atom. The van der Waals surface area contributed by atoms with Crippen molar-refractivity contribution in [3.05, 3.63) is 29.8 Å². The Bertz CT molecular complexity index is 868. The van der Waals surface area contributed by atoms with Gasteiger partial charge in [-0.3, -0.25) is 25.2 Å². The first-order chi connectivity index (χ1) is 19.0. The minimum atomic E-state index is -0.372. The number of hydrogen-bond acceptors (Lipinski definition) is 4. The number of rotatable bonds is 14. The lowest BCUT2D eigenvalue weighted by atomic mass is 9.79. The first kappa shape index (κ1) is 31.2. The van der Waals surface area contributed by atoms with Crippen molar-refractivity contribution in [2.75, 3.05) is 0 Å². The third-order valence-electron chi connectivity index (χ3n) is 8.96. The van der Waals surface area contributed by atoms with Crippen LogP contribution in [0.2, 0.25) is 0 Å². The van der Waals surface area contributed by atoms with Crippen LogP contribution in [0.15, 0.2) is 24.3 Å².